The molecule has 0 unspecified atom stereocenters. The van der Waals surface area contributed by atoms with Gasteiger partial charge in [-0.1, -0.05) is 18.2 Å². The van der Waals surface area contributed by atoms with Gasteiger partial charge >= 0.3 is 12.1 Å². The predicted octanol–water partition coefficient (Wildman–Crippen LogP) is 3.23. The average molecular weight is 382 g/mol. The van der Waals surface area contributed by atoms with E-state index in [4.69, 9.17) is 0 Å². The van der Waals surface area contributed by atoms with Gasteiger partial charge in [0.05, 0.1) is 6.54 Å². The third-order valence-electron chi connectivity index (χ3n) is 4.36. The zero-order valence-corrected chi connectivity index (χ0v) is 14.1. The highest BCUT2D eigenvalue weighted by Gasteiger charge is 2.39. The van der Waals surface area contributed by atoms with E-state index in [1.165, 1.54) is 11.3 Å². The number of nitrogens with zero attached hydrogens (tertiary/aromatic N) is 4. The quantitative estimate of drug-likeness (QED) is 0.753. The lowest BCUT2D eigenvalue weighted by Crippen LogP contribution is -2.35. The number of hydrogen-bond donors (Lipinski definition) is 1. The number of carboxylic acid groups (broad SMARTS) is 1. The molecule has 4 rings (SSSR count). The van der Waals surface area contributed by atoms with Gasteiger partial charge in [-0.3, -0.25) is 4.90 Å². The first-order chi connectivity index (χ1) is 12.3. The molecule has 0 amide bonds. The highest BCUT2D eigenvalue weighted by atomic mass is 32.1. The smallest absolute Gasteiger partial charge is 0.451 e. The molecule has 1 aliphatic rings. The van der Waals surface area contributed by atoms with Gasteiger partial charge in [-0.05, 0) is 17.0 Å². The highest BCUT2D eigenvalue weighted by Crippen LogP contribution is 2.34. The molecule has 3 aromatic rings. The van der Waals surface area contributed by atoms with Crippen molar-refractivity contribution in [3.05, 3.63) is 46.4 Å². The van der Waals surface area contributed by atoms with Crippen LogP contribution in [0.25, 0.3) is 10.1 Å². The van der Waals surface area contributed by atoms with Crippen molar-refractivity contribution in [3.8, 4) is 0 Å². The molecule has 1 aliphatic heterocycles. The molecule has 26 heavy (non-hydrogen) atoms. The summed E-state index contributed by atoms with van der Waals surface area (Å²) in [4.78, 5) is 13.7. The second-order valence-corrected chi connectivity index (χ2v) is 7.06. The molecular formula is C16H13F3N4O2S. The molecule has 1 aromatic carbocycles. The summed E-state index contributed by atoms with van der Waals surface area (Å²) in [7, 11) is 0. The number of thiophene rings is 1. The van der Waals surface area contributed by atoms with Crippen LogP contribution in [0, 0.1) is 0 Å². The van der Waals surface area contributed by atoms with Crippen LogP contribution in [0.3, 0.4) is 0 Å². The third kappa shape index (κ3) is 2.84. The van der Waals surface area contributed by atoms with E-state index in [2.05, 4.69) is 10.2 Å². The minimum Gasteiger partial charge on any atom is -0.477 e. The number of hydrogen-bond acceptors (Lipinski definition) is 5. The Morgan fingerprint density at radius 3 is 2.73 bits per heavy atom. The van der Waals surface area contributed by atoms with Crippen LogP contribution in [0.4, 0.5) is 13.2 Å². The zero-order chi connectivity index (χ0) is 18.5. The summed E-state index contributed by atoms with van der Waals surface area (Å²) in [6, 6.07) is 7.41. The Bertz CT molecular complexity index is 995. The number of carboxylic acids is 1. The van der Waals surface area contributed by atoms with Gasteiger partial charge in [0.1, 0.15) is 10.7 Å². The molecule has 3 heterocycles. The highest BCUT2D eigenvalue weighted by molar-refractivity contribution is 7.21. The Labute approximate surface area is 149 Å². The molecule has 0 fully saturated rings. The van der Waals surface area contributed by atoms with E-state index in [0.29, 0.717) is 18.7 Å². The molecule has 2 aromatic heterocycles. The molecule has 0 atom stereocenters. The fourth-order valence-electron chi connectivity index (χ4n) is 3.20. The van der Waals surface area contributed by atoms with Crippen LogP contribution in [0.15, 0.2) is 24.3 Å². The summed E-state index contributed by atoms with van der Waals surface area (Å²) in [6.45, 7) is 0.991. The largest absolute Gasteiger partial charge is 0.477 e. The van der Waals surface area contributed by atoms with E-state index in [1.54, 1.807) is 0 Å². The van der Waals surface area contributed by atoms with Crippen molar-refractivity contribution in [2.45, 2.75) is 25.8 Å². The lowest BCUT2D eigenvalue weighted by molar-refractivity contribution is -0.148. The van der Waals surface area contributed by atoms with Crippen molar-refractivity contribution < 1.29 is 23.1 Å². The molecule has 0 aliphatic carbocycles. The maximum atomic E-state index is 12.9. The van der Waals surface area contributed by atoms with Gasteiger partial charge in [0.25, 0.3) is 0 Å². The summed E-state index contributed by atoms with van der Waals surface area (Å²) < 4.78 is 40.7. The van der Waals surface area contributed by atoms with Crippen molar-refractivity contribution in [1.29, 1.82) is 0 Å². The van der Waals surface area contributed by atoms with Crippen LogP contribution in [0.2, 0.25) is 0 Å². The number of alkyl halides is 3. The second kappa shape index (κ2) is 6.06. The van der Waals surface area contributed by atoms with E-state index >= 15 is 0 Å². The Morgan fingerprint density at radius 1 is 1.23 bits per heavy atom. The number of rotatable bonds is 3. The van der Waals surface area contributed by atoms with E-state index in [1.807, 2.05) is 29.2 Å². The molecule has 10 heteroatoms. The van der Waals surface area contributed by atoms with Crippen LogP contribution < -0.4 is 0 Å². The zero-order valence-electron chi connectivity index (χ0n) is 13.3. The summed E-state index contributed by atoms with van der Waals surface area (Å²) >= 11 is 1.21. The first-order valence-electron chi connectivity index (χ1n) is 7.80. The number of fused-ring (bicyclic) bond motifs is 2. The fraction of sp³-hybridized carbons (Fsp3) is 0.312. The first kappa shape index (κ1) is 17.0. The Hall–Kier alpha value is -2.46. The van der Waals surface area contributed by atoms with Crippen molar-refractivity contribution in [3.63, 3.8) is 0 Å². The minimum absolute atomic E-state index is 0.113. The summed E-state index contributed by atoms with van der Waals surface area (Å²) in [5.74, 6) is -1.75. The molecule has 0 radical (unpaired) electrons. The lowest BCUT2D eigenvalue weighted by Gasteiger charge is -2.28. The first-order valence-corrected chi connectivity index (χ1v) is 8.61. The number of aromatic carboxylic acids is 1. The maximum absolute atomic E-state index is 12.9. The van der Waals surface area contributed by atoms with Crippen molar-refractivity contribution in [2.24, 2.45) is 0 Å². The molecule has 0 saturated heterocycles. The normalized spacial score (nSPS) is 15.3. The molecule has 0 spiro atoms. The number of benzene rings is 1. The van der Waals surface area contributed by atoms with Crippen molar-refractivity contribution in [1.82, 2.24) is 19.7 Å². The monoisotopic (exact) mass is 382 g/mol. The minimum atomic E-state index is -4.53. The fourth-order valence-corrected chi connectivity index (χ4v) is 4.26. The molecule has 136 valence electrons. The number of aromatic nitrogens is 3. The molecular weight excluding hydrogens is 369 g/mol. The lowest BCUT2D eigenvalue weighted by atomic mass is 10.1. The standard InChI is InChI=1S/C16H13F3N4O2S/c17-16(18,19)15-21-20-12-8-22(5-6-23(12)15)7-10-9-3-1-2-4-11(9)26-13(10)14(24)25/h1-4H,5-8H2,(H,24,25). The van der Waals surface area contributed by atoms with Gasteiger partial charge < -0.3 is 9.67 Å². The van der Waals surface area contributed by atoms with Gasteiger partial charge in [-0.25, -0.2) is 4.79 Å². The van der Waals surface area contributed by atoms with Crippen molar-refractivity contribution in [2.75, 3.05) is 6.54 Å². The van der Waals surface area contributed by atoms with E-state index in [-0.39, 0.29) is 23.8 Å². The summed E-state index contributed by atoms with van der Waals surface area (Å²) in [5, 5.41) is 17.3. The van der Waals surface area contributed by atoms with Crippen LogP contribution in [0.1, 0.15) is 26.9 Å². The average Bonchev–Trinajstić information content (AvgIpc) is 3.16. The van der Waals surface area contributed by atoms with Gasteiger partial charge in [0.2, 0.25) is 5.82 Å². The van der Waals surface area contributed by atoms with Crippen LogP contribution in [-0.4, -0.2) is 37.3 Å². The number of halogens is 3. The SMILES string of the molecule is O=C(O)c1sc2ccccc2c1CN1CCn2c(nnc2C(F)(F)F)C1. The third-order valence-corrected chi connectivity index (χ3v) is 5.56. The van der Waals surface area contributed by atoms with Gasteiger partial charge in [0, 0.05) is 24.3 Å². The Balaban J connectivity index is 1.64. The molecule has 0 bridgehead atoms. The molecule has 6 nitrogen and oxygen atoms in total. The topological polar surface area (TPSA) is 71.2 Å². The number of carbonyl (C=O) groups is 1. The Morgan fingerprint density at radius 2 is 2.00 bits per heavy atom. The van der Waals surface area contributed by atoms with Gasteiger partial charge in [-0.15, -0.1) is 21.5 Å². The van der Waals surface area contributed by atoms with Crippen LogP contribution >= 0.6 is 11.3 Å². The van der Waals surface area contributed by atoms with E-state index in [9.17, 15) is 23.1 Å². The van der Waals surface area contributed by atoms with Crippen molar-refractivity contribution >= 4 is 27.4 Å². The maximum Gasteiger partial charge on any atom is 0.451 e. The van der Waals surface area contributed by atoms with Gasteiger partial charge in [-0.2, -0.15) is 13.2 Å². The second-order valence-electron chi connectivity index (χ2n) is 6.01. The van der Waals surface area contributed by atoms with Crippen LogP contribution in [-0.2, 0) is 25.8 Å². The van der Waals surface area contributed by atoms with Crippen LogP contribution in [0.5, 0.6) is 0 Å². The summed E-state index contributed by atoms with van der Waals surface area (Å²) in [6.07, 6.45) is -4.53. The van der Waals surface area contributed by atoms with Gasteiger partial charge in [0.15, 0.2) is 0 Å². The predicted molar refractivity (Wildman–Crippen MR) is 87.9 cm³/mol. The van der Waals surface area contributed by atoms with E-state index < -0.39 is 18.0 Å². The Kier molecular flexibility index (Phi) is 3.96. The van der Waals surface area contributed by atoms with E-state index in [0.717, 1.165) is 14.7 Å². The molecule has 0 saturated carbocycles. The molecule has 1 N–H and O–H groups in total. The summed E-state index contributed by atoms with van der Waals surface area (Å²) in [5.41, 5.74) is 0.683.